The number of hydrogen-bond acceptors (Lipinski definition) is 24. The molecule has 0 aliphatic heterocycles. The van der Waals surface area contributed by atoms with Gasteiger partial charge in [0.2, 0.25) is 27.1 Å². The SMILES string of the molecule is CN(c1ccc(CC(=O)Cc2ccc(OC(F)(F)F)cc2)cc1)c1nc(Cl)ncc1C(F)(F)F.CN(c1ccc(CC(=O)Cc2ccc(OC(F)(F)F)cc2)cc1)c1nc(Nc2cccc(NS(=O)[O-])c2)ncc1C(F)(F)F.CN(c1ccc(N)cc1)c1nc(Cl)ncc1C(F)(F)F.CN(c1ccc([N+](=O)[O-])cc1)c1nc(Cl)ncc1C(F)(F)F.FC(F)(F)c1cnc(Cl)nc1Cl. The van der Waals surface area contributed by atoms with Crippen molar-refractivity contribution >= 4 is 156 Å². The number of halogens is 26. The average Bonchev–Trinajstić information content (AvgIpc) is 0.798. The predicted octanol–water partition coefficient (Wildman–Crippen LogP) is 22.8. The summed E-state index contributed by atoms with van der Waals surface area (Å²) < 4.78 is 300. The summed E-state index contributed by atoms with van der Waals surface area (Å²) in [5.41, 5.74) is 4.79. The normalized spacial score (nSPS) is 11.9. The highest BCUT2D eigenvalue weighted by Gasteiger charge is 2.42. The van der Waals surface area contributed by atoms with Crippen LogP contribution < -0.4 is 44.8 Å². The van der Waals surface area contributed by atoms with Crippen LogP contribution in [0.3, 0.4) is 0 Å². The van der Waals surface area contributed by atoms with E-state index in [1.807, 2.05) is 0 Å². The summed E-state index contributed by atoms with van der Waals surface area (Å²) in [6.07, 6.45) is -29.9. The summed E-state index contributed by atoms with van der Waals surface area (Å²) >= 11 is 24.6. The predicted molar refractivity (Wildman–Crippen MR) is 443 cm³/mol. The summed E-state index contributed by atoms with van der Waals surface area (Å²) in [7, 11) is 5.57. The van der Waals surface area contributed by atoms with E-state index in [1.165, 1.54) is 134 Å². The number of nitro groups is 1. The van der Waals surface area contributed by atoms with Crippen LogP contribution in [0, 0.1) is 10.1 Å². The fourth-order valence-electron chi connectivity index (χ4n) is 11.0. The number of non-ortho nitro benzene ring substituents is 1. The zero-order chi connectivity index (χ0) is 97.9. The highest BCUT2D eigenvalue weighted by Crippen LogP contribution is 2.44. The second-order valence-corrected chi connectivity index (χ2v) is 28.9. The molecule has 12 aromatic rings. The fourth-order valence-corrected chi connectivity index (χ4v) is 12.2. The molecule has 0 aliphatic rings. The molecule has 0 aliphatic carbocycles. The Morgan fingerprint density at radius 1 is 0.402 bits per heavy atom. The van der Waals surface area contributed by atoms with E-state index in [4.69, 9.17) is 63.7 Å². The van der Waals surface area contributed by atoms with E-state index >= 15 is 0 Å². The number of hydrogen-bond donors (Lipinski definition) is 3. The van der Waals surface area contributed by atoms with Crippen LogP contribution in [0.25, 0.3) is 0 Å². The van der Waals surface area contributed by atoms with Gasteiger partial charge < -0.3 is 49.4 Å². The number of benzene rings is 7. The Bertz CT molecular complexity index is 5990. The number of ether oxygens (including phenoxy) is 2. The van der Waals surface area contributed by atoms with E-state index in [0.29, 0.717) is 81.7 Å². The number of nitrogens with two attached hydrogens (primary N) is 1. The van der Waals surface area contributed by atoms with Gasteiger partial charge in [0.25, 0.3) is 5.69 Å². The van der Waals surface area contributed by atoms with Crippen LogP contribution in [-0.2, 0) is 77.4 Å². The third-order valence-corrected chi connectivity index (χ3v) is 18.5. The Morgan fingerprint density at radius 3 is 0.985 bits per heavy atom. The number of nitro benzene ring substituents is 1. The number of alkyl halides is 21. The van der Waals surface area contributed by atoms with Gasteiger partial charge in [-0.25, -0.2) is 29.9 Å². The summed E-state index contributed by atoms with van der Waals surface area (Å²) in [6, 6.07) is 39.5. The van der Waals surface area contributed by atoms with Crippen LogP contribution in [0.5, 0.6) is 11.5 Å². The van der Waals surface area contributed by atoms with Crippen LogP contribution in [-0.4, -0.2) is 116 Å². The van der Waals surface area contributed by atoms with E-state index in [0.717, 1.165) is 29.2 Å². The van der Waals surface area contributed by atoms with Gasteiger partial charge in [-0.05, 0) is 172 Å². The van der Waals surface area contributed by atoms with Crippen molar-refractivity contribution in [2.45, 2.75) is 69.3 Å². The molecule has 1 unspecified atom stereocenters. The number of nitrogen functional groups attached to an aromatic ring is 1. The zero-order valence-corrected chi connectivity index (χ0v) is 71.3. The molecule has 0 fully saturated rings. The molecule has 0 spiro atoms. The molecule has 700 valence electrons. The van der Waals surface area contributed by atoms with Crippen LogP contribution in [0.1, 0.15) is 50.1 Å². The minimum Gasteiger partial charge on any atom is -0.755 e. The largest absolute Gasteiger partial charge is 0.755 e. The van der Waals surface area contributed by atoms with Gasteiger partial charge in [-0.3, -0.25) is 23.9 Å². The third kappa shape index (κ3) is 31.9. The van der Waals surface area contributed by atoms with E-state index in [2.05, 4.69) is 69.4 Å². The zero-order valence-electron chi connectivity index (χ0n) is 66.7. The molecule has 0 bridgehead atoms. The molecule has 5 heterocycles. The smallest absolute Gasteiger partial charge is 0.573 e. The molecule has 26 nitrogen and oxygen atoms in total. The minimum atomic E-state index is -4.83. The molecule has 7 aromatic carbocycles. The second-order valence-electron chi connectivity index (χ2n) is 26.5. The molecule has 132 heavy (non-hydrogen) atoms. The number of anilines is 12. The molecule has 4 N–H and O–H groups in total. The first-order valence-corrected chi connectivity index (χ1v) is 39.0. The fraction of sp³-hybridized carbons (Fsp3) is 0.190. The lowest BCUT2D eigenvalue weighted by Gasteiger charge is -2.23. The Hall–Kier alpha value is -13.0. The Labute approximate surface area is 758 Å². The number of rotatable bonds is 23. The highest BCUT2D eigenvalue weighted by atomic mass is 35.5. The maximum absolute atomic E-state index is 13.9. The summed E-state index contributed by atoms with van der Waals surface area (Å²) in [4.78, 5) is 74.9. The second kappa shape index (κ2) is 44.3. The van der Waals surface area contributed by atoms with E-state index in [9.17, 15) is 121 Å². The molecule has 0 saturated carbocycles. The van der Waals surface area contributed by atoms with Gasteiger partial charge in [0, 0.05) is 148 Å². The first-order valence-electron chi connectivity index (χ1n) is 36.0. The quantitative estimate of drug-likeness (QED) is 0.0102. The molecule has 5 aromatic heterocycles. The van der Waals surface area contributed by atoms with Crippen molar-refractivity contribution in [2.24, 2.45) is 0 Å². The topological polar surface area (TPSA) is 328 Å². The maximum atomic E-state index is 13.9. The molecule has 0 saturated heterocycles. The van der Waals surface area contributed by atoms with Crippen molar-refractivity contribution in [2.75, 3.05) is 63.6 Å². The van der Waals surface area contributed by atoms with Gasteiger partial charge in [-0.2, -0.15) is 85.8 Å². The van der Waals surface area contributed by atoms with Crippen LogP contribution in [0.15, 0.2) is 201 Å². The lowest BCUT2D eigenvalue weighted by atomic mass is 10.0. The van der Waals surface area contributed by atoms with Gasteiger partial charge in [0.05, 0.1) is 4.92 Å². The van der Waals surface area contributed by atoms with Crippen molar-refractivity contribution in [1.82, 2.24) is 49.8 Å². The van der Waals surface area contributed by atoms with Crippen molar-refractivity contribution in [3.63, 3.8) is 0 Å². The molecule has 1 atom stereocenters. The standard InChI is InChI=1S/C28H23F6N5O4S.C22H16ClF6N3O2.C12H8ClF3N4O2.C12H10ClF3N4.C5HCl2F3N2/c1-39(21-9-5-17(6-10-21)13-22(40)14-18-7-11-23(12-8-18)43-28(32,33)34)25-24(27(29,30)31)16-35-26(37-25)36-19-3-2-4-20(15-19)38-44(41)42;1-32(19-18(21(24,25)26)12-30-20(23)31-19)15-6-2-13(3-7-15)10-16(33)11-14-4-8-17(9-5-14)34-22(27,28)29;1-19(7-2-4-8(5-3-7)20(21)22)10-9(12(14,15)16)6-17-11(13)18-10;1-20(8-4-2-7(17)3-5-8)10-9(12(14,15)16)6-18-11(13)19-10;6-3-2(5(8,9)10)1-11-4(7)12-3/h2-12,15-16,38H,13-14H2,1H3,(H,41,42)(H,35,36,37);2-9,12H,10-11H2,1H3;2-6H,1H3;2-6H,17H2,1H3;1H/p-1. The number of carbonyl (C=O) groups excluding carboxylic acids is 2. The van der Waals surface area contributed by atoms with Crippen molar-refractivity contribution < 1.29 is 125 Å². The summed E-state index contributed by atoms with van der Waals surface area (Å²) in [5, 5.41) is 11.4. The average molecular weight is 1990 g/mol. The molecule has 53 heteroatoms. The van der Waals surface area contributed by atoms with Crippen molar-refractivity contribution in [3.8, 4) is 11.5 Å². The number of aromatic nitrogens is 10. The molecular weight excluding hydrogens is 1940 g/mol. The summed E-state index contributed by atoms with van der Waals surface area (Å²) in [5.74, 6) is -3.06. The lowest BCUT2D eigenvalue weighted by molar-refractivity contribution is -0.384. The number of nitrogens with zero attached hydrogens (tertiary/aromatic N) is 15. The number of nitrogens with one attached hydrogen (secondary N) is 2. The van der Waals surface area contributed by atoms with E-state index in [-0.39, 0.29) is 93.0 Å². The van der Waals surface area contributed by atoms with Crippen molar-refractivity contribution in [3.05, 3.63) is 287 Å². The monoisotopic (exact) mass is 1990 g/mol. The lowest BCUT2D eigenvalue weighted by Crippen LogP contribution is -2.19. The third-order valence-electron chi connectivity index (χ3n) is 17.1. The van der Waals surface area contributed by atoms with E-state index < -0.39 is 116 Å². The van der Waals surface area contributed by atoms with Crippen molar-refractivity contribution in [1.29, 1.82) is 0 Å². The van der Waals surface area contributed by atoms with Gasteiger partial charge in [-0.1, -0.05) is 66.2 Å². The van der Waals surface area contributed by atoms with Gasteiger partial charge in [0.15, 0.2) is 5.82 Å². The van der Waals surface area contributed by atoms with Crippen LogP contribution in [0.4, 0.5) is 167 Å². The Morgan fingerprint density at radius 2 is 0.682 bits per heavy atom. The van der Waals surface area contributed by atoms with Gasteiger partial charge in [0.1, 0.15) is 73.5 Å². The first-order chi connectivity index (χ1) is 61.4. The van der Waals surface area contributed by atoms with Crippen LogP contribution in [0.2, 0.25) is 26.3 Å². The Kier molecular flexibility index (Phi) is 35.0. The molecule has 12 rings (SSSR count). The molecule has 0 radical (unpaired) electrons. The maximum Gasteiger partial charge on any atom is 0.573 e. The van der Waals surface area contributed by atoms with Gasteiger partial charge in [-0.15, -0.1) is 26.3 Å². The summed E-state index contributed by atoms with van der Waals surface area (Å²) in [6.45, 7) is 0. The van der Waals surface area contributed by atoms with Gasteiger partial charge >= 0.3 is 43.6 Å². The number of Topliss-reactive ketones (excluding diaryl/α,β-unsaturated/α-hetero) is 2. The molecular formula is C79H57Cl5F21N18O8S-. The Balaban J connectivity index is 0.000000216. The van der Waals surface area contributed by atoms with E-state index in [1.54, 1.807) is 54.6 Å². The van der Waals surface area contributed by atoms with Crippen LogP contribution >= 0.6 is 58.0 Å². The number of ketones is 2. The molecule has 0 amide bonds. The highest BCUT2D eigenvalue weighted by molar-refractivity contribution is 7.80. The number of carbonyl (C=O) groups is 2. The minimum absolute atomic E-state index is 0.0116. The first kappa shape index (κ1) is 104.